The van der Waals surface area contributed by atoms with Gasteiger partial charge in [0.05, 0.1) is 11.5 Å². The molecule has 2 aliphatic rings. The quantitative estimate of drug-likeness (QED) is 0.702. The lowest BCUT2D eigenvalue weighted by Gasteiger charge is -2.41. The largest absolute Gasteiger partial charge is 0.373 e. The van der Waals surface area contributed by atoms with Crippen molar-refractivity contribution in [1.29, 1.82) is 0 Å². The molecule has 2 aliphatic heterocycles. The molecule has 0 radical (unpaired) electrons. The Hall–Kier alpha value is -2.99. The smallest absolute Gasteiger partial charge is 0.245 e. The Kier molecular flexibility index (Phi) is 6.70. The van der Waals surface area contributed by atoms with Crippen LogP contribution in [0.1, 0.15) is 36.5 Å². The fourth-order valence-electron chi connectivity index (χ4n) is 4.90. The number of hydrogen-bond donors (Lipinski definition) is 1. The van der Waals surface area contributed by atoms with Gasteiger partial charge in [-0.25, -0.2) is 4.39 Å². The third kappa shape index (κ3) is 4.46. The zero-order valence-electron chi connectivity index (χ0n) is 18.1. The van der Waals surface area contributed by atoms with E-state index in [9.17, 15) is 14.0 Å². The minimum absolute atomic E-state index is 0.0147. The van der Waals surface area contributed by atoms with E-state index in [1.54, 1.807) is 17.0 Å². The first-order chi connectivity index (χ1) is 15.5. The van der Waals surface area contributed by atoms with Crippen molar-refractivity contribution >= 4 is 11.8 Å². The Morgan fingerprint density at radius 1 is 1.12 bits per heavy atom. The van der Waals surface area contributed by atoms with Gasteiger partial charge in [0, 0.05) is 32.2 Å². The molecule has 2 amide bonds. The summed E-state index contributed by atoms with van der Waals surface area (Å²) >= 11 is 0. The van der Waals surface area contributed by atoms with Gasteiger partial charge in [0.2, 0.25) is 11.8 Å². The van der Waals surface area contributed by atoms with E-state index in [0.717, 1.165) is 17.5 Å². The van der Waals surface area contributed by atoms with Gasteiger partial charge < -0.3 is 15.0 Å². The van der Waals surface area contributed by atoms with E-state index in [1.807, 2.05) is 30.3 Å². The second-order valence-electron chi connectivity index (χ2n) is 8.58. The summed E-state index contributed by atoms with van der Waals surface area (Å²) in [5.74, 6) is -0.265. The highest BCUT2D eigenvalue weighted by atomic mass is 19.1. The highest BCUT2D eigenvalue weighted by Crippen LogP contribution is 2.37. The first-order valence-electron chi connectivity index (χ1n) is 11.2. The van der Waals surface area contributed by atoms with Crippen LogP contribution in [-0.2, 0) is 19.7 Å². The average Bonchev–Trinajstić information content (AvgIpc) is 3.31. The van der Waals surface area contributed by atoms with Gasteiger partial charge in [-0.3, -0.25) is 9.59 Å². The molecule has 4 rings (SSSR count). The van der Waals surface area contributed by atoms with Crippen LogP contribution in [-0.4, -0.2) is 43.0 Å². The van der Waals surface area contributed by atoms with Crippen LogP contribution in [0.25, 0.3) is 0 Å². The number of nitrogens with zero attached hydrogens (tertiary/aromatic N) is 1. The van der Waals surface area contributed by atoms with E-state index in [1.165, 1.54) is 18.2 Å². The fraction of sp³-hybridized carbons (Fsp3) is 0.385. The number of likely N-dealkylation sites (tertiary alicyclic amines) is 1. The van der Waals surface area contributed by atoms with E-state index in [4.69, 9.17) is 4.74 Å². The summed E-state index contributed by atoms with van der Waals surface area (Å²) in [5, 5.41) is 3.19. The Balaban J connectivity index is 1.48. The number of ether oxygens (including phenoxy) is 1. The maximum absolute atomic E-state index is 13.6. The Bertz CT molecular complexity index is 953. The summed E-state index contributed by atoms with van der Waals surface area (Å²) in [6.07, 6.45) is 3.12. The Labute approximate surface area is 188 Å². The number of halogens is 1. The van der Waals surface area contributed by atoms with Crippen molar-refractivity contribution in [2.45, 2.75) is 30.8 Å². The SMILES string of the molecule is C=CC(=O)N1CCC(C(=O)NC[C@@H]2CCO[C@H]2c2ccc(F)cc2)(c2ccccc2)CC1. The van der Waals surface area contributed by atoms with Gasteiger partial charge in [-0.05, 0) is 48.6 Å². The number of benzene rings is 2. The lowest BCUT2D eigenvalue weighted by Crippen LogP contribution is -2.53. The van der Waals surface area contributed by atoms with Crippen LogP contribution in [0.15, 0.2) is 67.3 Å². The van der Waals surface area contributed by atoms with Crippen molar-refractivity contribution in [3.05, 3.63) is 84.2 Å². The van der Waals surface area contributed by atoms with Crippen molar-refractivity contribution in [2.24, 2.45) is 5.92 Å². The molecule has 0 bridgehead atoms. The molecular formula is C26H29FN2O3. The van der Waals surface area contributed by atoms with Crippen molar-refractivity contribution in [2.75, 3.05) is 26.2 Å². The summed E-state index contributed by atoms with van der Waals surface area (Å²) in [5.41, 5.74) is 1.22. The molecule has 2 heterocycles. The van der Waals surface area contributed by atoms with E-state index in [2.05, 4.69) is 11.9 Å². The highest BCUT2D eigenvalue weighted by molar-refractivity contribution is 5.90. The Morgan fingerprint density at radius 3 is 2.47 bits per heavy atom. The molecule has 2 saturated heterocycles. The average molecular weight is 437 g/mol. The van der Waals surface area contributed by atoms with Crippen LogP contribution in [0.4, 0.5) is 4.39 Å². The lowest BCUT2D eigenvalue weighted by atomic mass is 9.71. The molecule has 5 nitrogen and oxygen atoms in total. The first kappa shape index (κ1) is 22.2. The van der Waals surface area contributed by atoms with E-state index < -0.39 is 5.41 Å². The summed E-state index contributed by atoms with van der Waals surface area (Å²) in [6.45, 7) is 5.70. The van der Waals surface area contributed by atoms with E-state index in [0.29, 0.717) is 39.1 Å². The fourth-order valence-corrected chi connectivity index (χ4v) is 4.90. The first-order valence-corrected chi connectivity index (χ1v) is 11.2. The molecule has 168 valence electrons. The topological polar surface area (TPSA) is 58.6 Å². The van der Waals surface area contributed by atoms with Gasteiger partial charge in [-0.15, -0.1) is 0 Å². The molecule has 0 aromatic heterocycles. The standard InChI is InChI=1S/C26H29FN2O3/c1-2-23(30)29-15-13-26(14-16-29,21-6-4-3-5-7-21)25(31)28-18-20-12-17-32-24(20)19-8-10-22(27)11-9-19/h2-11,20,24H,1,12-18H2,(H,28,31)/t20-,24-/m0/s1. The minimum Gasteiger partial charge on any atom is -0.373 e. The number of carbonyl (C=O) groups excluding carboxylic acids is 2. The second kappa shape index (κ2) is 9.65. The molecule has 2 atom stereocenters. The summed E-state index contributed by atoms with van der Waals surface area (Å²) in [7, 11) is 0. The molecule has 6 heteroatoms. The molecular weight excluding hydrogens is 407 g/mol. The van der Waals surface area contributed by atoms with Crippen molar-refractivity contribution in [1.82, 2.24) is 10.2 Å². The third-order valence-electron chi connectivity index (χ3n) is 6.80. The van der Waals surface area contributed by atoms with Crippen LogP contribution < -0.4 is 5.32 Å². The molecule has 0 aliphatic carbocycles. The number of carbonyl (C=O) groups is 2. The van der Waals surface area contributed by atoms with Gasteiger partial charge in [-0.2, -0.15) is 0 Å². The third-order valence-corrected chi connectivity index (χ3v) is 6.80. The Morgan fingerprint density at radius 2 is 1.81 bits per heavy atom. The highest BCUT2D eigenvalue weighted by Gasteiger charge is 2.44. The van der Waals surface area contributed by atoms with Gasteiger partial charge in [0.15, 0.2) is 0 Å². The molecule has 0 unspecified atom stereocenters. The molecule has 2 fully saturated rings. The van der Waals surface area contributed by atoms with E-state index in [-0.39, 0.29) is 29.7 Å². The van der Waals surface area contributed by atoms with Crippen LogP contribution in [0.5, 0.6) is 0 Å². The predicted molar refractivity (Wildman–Crippen MR) is 120 cm³/mol. The minimum atomic E-state index is -0.677. The van der Waals surface area contributed by atoms with Gasteiger partial charge in [0.25, 0.3) is 0 Å². The molecule has 1 N–H and O–H groups in total. The van der Waals surface area contributed by atoms with Gasteiger partial charge in [0.1, 0.15) is 5.82 Å². The zero-order valence-corrected chi connectivity index (χ0v) is 18.1. The summed E-state index contributed by atoms with van der Waals surface area (Å²) in [6, 6.07) is 16.2. The maximum atomic E-state index is 13.6. The number of piperidine rings is 1. The maximum Gasteiger partial charge on any atom is 0.245 e. The monoisotopic (exact) mass is 436 g/mol. The molecule has 2 aromatic carbocycles. The predicted octanol–water partition coefficient (Wildman–Crippen LogP) is 3.77. The molecule has 2 aromatic rings. The summed E-state index contributed by atoms with van der Waals surface area (Å²) < 4.78 is 19.2. The molecule has 0 spiro atoms. The number of rotatable bonds is 6. The molecule has 32 heavy (non-hydrogen) atoms. The van der Waals surface area contributed by atoms with Gasteiger partial charge in [-0.1, -0.05) is 49.0 Å². The van der Waals surface area contributed by atoms with Crippen LogP contribution >= 0.6 is 0 Å². The zero-order chi connectivity index (χ0) is 22.6. The normalized spacial score (nSPS) is 22.3. The number of amides is 2. The number of hydrogen-bond acceptors (Lipinski definition) is 3. The lowest BCUT2D eigenvalue weighted by molar-refractivity contribution is -0.134. The van der Waals surface area contributed by atoms with Crippen LogP contribution in [0, 0.1) is 11.7 Å². The molecule has 0 saturated carbocycles. The second-order valence-corrected chi connectivity index (χ2v) is 8.58. The van der Waals surface area contributed by atoms with Crippen molar-refractivity contribution in [3.63, 3.8) is 0 Å². The van der Waals surface area contributed by atoms with Crippen LogP contribution in [0.3, 0.4) is 0 Å². The van der Waals surface area contributed by atoms with Crippen molar-refractivity contribution in [3.8, 4) is 0 Å². The van der Waals surface area contributed by atoms with Gasteiger partial charge >= 0.3 is 0 Å². The van der Waals surface area contributed by atoms with Crippen LogP contribution in [0.2, 0.25) is 0 Å². The summed E-state index contributed by atoms with van der Waals surface area (Å²) in [4.78, 5) is 27.4. The van der Waals surface area contributed by atoms with E-state index >= 15 is 0 Å². The van der Waals surface area contributed by atoms with Crippen molar-refractivity contribution < 1.29 is 18.7 Å². The number of nitrogens with one attached hydrogen (secondary N) is 1.